The Balaban J connectivity index is 1.24. The number of nitrogens with zero attached hydrogens (tertiary/aromatic N) is 2. The number of hydrogen-bond donors (Lipinski definition) is 2. The van der Waals surface area contributed by atoms with E-state index in [0.717, 1.165) is 42.8 Å². The van der Waals surface area contributed by atoms with Crippen molar-refractivity contribution in [3.8, 4) is 5.69 Å². The van der Waals surface area contributed by atoms with Crippen LogP contribution in [0.1, 0.15) is 55.3 Å². The molecule has 4 saturated carbocycles. The van der Waals surface area contributed by atoms with Gasteiger partial charge in [0, 0.05) is 19.2 Å². The molecule has 2 N–H and O–H groups in total. The molecule has 2 heterocycles. The second kappa shape index (κ2) is 7.97. The molecule has 1 saturated heterocycles. The molecule has 164 valence electrons. The quantitative estimate of drug-likeness (QED) is 0.741. The Bertz CT molecular complexity index is 906. The van der Waals surface area contributed by atoms with Gasteiger partial charge in [-0.2, -0.15) is 5.10 Å². The molecule has 1 aromatic carbocycles. The summed E-state index contributed by atoms with van der Waals surface area (Å²) in [6.45, 7) is 1.51. The summed E-state index contributed by atoms with van der Waals surface area (Å²) in [6, 6.07) is 10.3. The van der Waals surface area contributed by atoms with E-state index in [1.165, 1.54) is 32.1 Å². The molecule has 4 aliphatic carbocycles. The van der Waals surface area contributed by atoms with Crippen LogP contribution in [0.2, 0.25) is 0 Å². The van der Waals surface area contributed by atoms with Crippen molar-refractivity contribution in [2.24, 2.45) is 23.7 Å². The molecule has 7 rings (SSSR count). The van der Waals surface area contributed by atoms with E-state index in [9.17, 15) is 4.79 Å². The molecule has 0 radical (unpaired) electrons. The van der Waals surface area contributed by atoms with Crippen LogP contribution >= 0.6 is 0 Å². The summed E-state index contributed by atoms with van der Waals surface area (Å²) in [5.74, 6) is 3.90. The summed E-state index contributed by atoms with van der Waals surface area (Å²) < 4.78 is 7.64. The molecule has 5 aliphatic rings. The van der Waals surface area contributed by atoms with Crippen molar-refractivity contribution in [2.45, 2.75) is 57.1 Å². The van der Waals surface area contributed by atoms with Crippen molar-refractivity contribution in [1.29, 1.82) is 0 Å². The van der Waals surface area contributed by atoms with E-state index in [2.05, 4.69) is 15.7 Å². The van der Waals surface area contributed by atoms with Crippen molar-refractivity contribution >= 4 is 11.7 Å². The zero-order valence-corrected chi connectivity index (χ0v) is 18.0. The molecule has 1 aliphatic heterocycles. The van der Waals surface area contributed by atoms with Crippen molar-refractivity contribution in [2.75, 3.05) is 18.5 Å². The maximum atomic E-state index is 13.5. The summed E-state index contributed by atoms with van der Waals surface area (Å²) in [7, 11) is 0. The summed E-state index contributed by atoms with van der Waals surface area (Å²) in [5.41, 5.74) is 1.58. The fourth-order valence-electron chi connectivity index (χ4n) is 6.86. The van der Waals surface area contributed by atoms with Gasteiger partial charge in [0.25, 0.3) is 5.91 Å². The molecule has 1 amide bonds. The normalized spacial score (nSPS) is 33.5. The molecule has 1 aromatic heterocycles. The maximum Gasteiger partial charge on any atom is 0.256 e. The fourth-order valence-corrected chi connectivity index (χ4v) is 6.86. The first-order chi connectivity index (χ1) is 15.2. The van der Waals surface area contributed by atoms with Crippen molar-refractivity contribution in [3.63, 3.8) is 0 Å². The molecule has 1 unspecified atom stereocenters. The van der Waals surface area contributed by atoms with Crippen molar-refractivity contribution in [1.82, 2.24) is 15.1 Å². The molecule has 6 nitrogen and oxygen atoms in total. The third-order valence-corrected chi connectivity index (χ3v) is 8.06. The number of carbonyl (C=O) groups excluding carboxylic acids is 1. The van der Waals surface area contributed by atoms with Gasteiger partial charge in [-0.15, -0.1) is 0 Å². The lowest BCUT2D eigenvalue weighted by Gasteiger charge is -2.54. The Kier molecular flexibility index (Phi) is 4.98. The second-order valence-corrected chi connectivity index (χ2v) is 10.1. The zero-order valence-electron chi connectivity index (χ0n) is 18.0. The number of anilines is 1. The van der Waals surface area contributed by atoms with Crippen LogP contribution in [-0.2, 0) is 4.74 Å². The zero-order chi connectivity index (χ0) is 20.8. The largest absolute Gasteiger partial charge is 0.376 e. The minimum atomic E-state index is 0.00879. The minimum absolute atomic E-state index is 0.00879. The van der Waals surface area contributed by atoms with Gasteiger partial charge < -0.3 is 15.4 Å². The van der Waals surface area contributed by atoms with Gasteiger partial charge in [0.15, 0.2) is 0 Å². The average Bonchev–Trinajstić information content (AvgIpc) is 3.44. The van der Waals surface area contributed by atoms with Crippen LogP contribution in [0.25, 0.3) is 5.69 Å². The van der Waals surface area contributed by atoms with Crippen LogP contribution in [0.15, 0.2) is 36.5 Å². The number of ether oxygens (including phenoxy) is 1. The Morgan fingerprint density at radius 3 is 2.48 bits per heavy atom. The molecule has 2 aromatic rings. The number of para-hydroxylation sites is 1. The van der Waals surface area contributed by atoms with E-state index in [1.807, 2.05) is 35.0 Å². The third-order valence-electron chi connectivity index (χ3n) is 8.06. The molecule has 4 bridgehead atoms. The molecule has 0 spiro atoms. The highest BCUT2D eigenvalue weighted by molar-refractivity contribution is 5.99. The van der Waals surface area contributed by atoms with Gasteiger partial charge >= 0.3 is 0 Å². The average molecular weight is 421 g/mol. The van der Waals surface area contributed by atoms with Crippen molar-refractivity contribution < 1.29 is 9.53 Å². The predicted molar refractivity (Wildman–Crippen MR) is 119 cm³/mol. The SMILES string of the molecule is O=C(NC1C2CC3CC(C2)CC1C3)c1cnn(-c2ccccc2)c1NCC1CCCO1. The van der Waals surface area contributed by atoms with Gasteiger partial charge in [-0.05, 0) is 80.8 Å². The van der Waals surface area contributed by atoms with E-state index in [0.29, 0.717) is 30.0 Å². The van der Waals surface area contributed by atoms with Gasteiger partial charge in [-0.3, -0.25) is 4.79 Å². The van der Waals surface area contributed by atoms with E-state index in [4.69, 9.17) is 4.74 Å². The predicted octanol–water partition coefficient (Wildman–Crippen LogP) is 4.02. The lowest BCUT2D eigenvalue weighted by atomic mass is 9.54. The Hall–Kier alpha value is -2.34. The highest BCUT2D eigenvalue weighted by Crippen LogP contribution is 2.53. The number of carbonyl (C=O) groups is 1. The summed E-state index contributed by atoms with van der Waals surface area (Å²) >= 11 is 0. The van der Waals surface area contributed by atoms with Gasteiger partial charge in [-0.25, -0.2) is 4.68 Å². The molecular formula is C25H32N4O2. The van der Waals surface area contributed by atoms with Crippen molar-refractivity contribution in [3.05, 3.63) is 42.1 Å². The smallest absolute Gasteiger partial charge is 0.256 e. The van der Waals surface area contributed by atoms with E-state index < -0.39 is 0 Å². The molecule has 5 fully saturated rings. The lowest BCUT2D eigenvalue weighted by molar-refractivity contribution is -0.0119. The van der Waals surface area contributed by atoms with Gasteiger partial charge in [-0.1, -0.05) is 18.2 Å². The van der Waals surface area contributed by atoms with Crippen LogP contribution in [0.3, 0.4) is 0 Å². The first kappa shape index (κ1) is 19.4. The Morgan fingerprint density at radius 1 is 1.06 bits per heavy atom. The number of amides is 1. The van der Waals surface area contributed by atoms with Crippen LogP contribution < -0.4 is 10.6 Å². The molecule has 31 heavy (non-hydrogen) atoms. The number of aromatic nitrogens is 2. The molecule has 1 atom stereocenters. The standard InChI is InChI=1S/C25H32N4O2/c30-25(28-23-18-10-16-9-17(12-18)13-19(23)11-16)22-15-27-29(20-5-2-1-3-6-20)24(22)26-14-21-7-4-8-31-21/h1-3,5-6,15-19,21,23,26H,4,7-14H2,(H,28,30). The van der Waals surface area contributed by atoms with Crippen LogP contribution in [0, 0.1) is 23.7 Å². The Labute approximate surface area is 183 Å². The maximum absolute atomic E-state index is 13.5. The minimum Gasteiger partial charge on any atom is -0.376 e. The number of rotatable bonds is 6. The summed E-state index contributed by atoms with van der Waals surface area (Å²) in [5, 5.41) is 11.5. The molecular weight excluding hydrogens is 388 g/mol. The topological polar surface area (TPSA) is 68.2 Å². The Morgan fingerprint density at radius 2 is 1.81 bits per heavy atom. The summed E-state index contributed by atoms with van der Waals surface area (Å²) in [4.78, 5) is 13.5. The number of benzene rings is 1. The van der Waals surface area contributed by atoms with Gasteiger partial charge in [0.1, 0.15) is 11.4 Å². The lowest BCUT2D eigenvalue weighted by Crippen LogP contribution is -2.55. The summed E-state index contributed by atoms with van der Waals surface area (Å²) in [6.07, 6.45) is 10.7. The molecule has 6 heteroatoms. The highest BCUT2D eigenvalue weighted by atomic mass is 16.5. The first-order valence-electron chi connectivity index (χ1n) is 12.0. The third kappa shape index (κ3) is 3.65. The number of nitrogens with one attached hydrogen (secondary N) is 2. The van der Waals surface area contributed by atoms with E-state index in [1.54, 1.807) is 6.20 Å². The van der Waals surface area contributed by atoms with E-state index >= 15 is 0 Å². The monoisotopic (exact) mass is 420 g/mol. The van der Waals surface area contributed by atoms with Gasteiger partial charge in [0.05, 0.1) is 18.0 Å². The number of hydrogen-bond acceptors (Lipinski definition) is 4. The highest BCUT2D eigenvalue weighted by Gasteiger charge is 2.48. The van der Waals surface area contributed by atoms with Gasteiger partial charge in [0.2, 0.25) is 0 Å². The second-order valence-electron chi connectivity index (χ2n) is 10.1. The first-order valence-corrected chi connectivity index (χ1v) is 12.0. The van der Waals surface area contributed by atoms with Crippen LogP contribution in [0.4, 0.5) is 5.82 Å². The van der Waals surface area contributed by atoms with Crippen LogP contribution in [0.5, 0.6) is 0 Å². The fraction of sp³-hybridized carbons (Fsp3) is 0.600. The van der Waals surface area contributed by atoms with E-state index in [-0.39, 0.29) is 12.0 Å². The van der Waals surface area contributed by atoms with Crippen LogP contribution in [-0.4, -0.2) is 41.0 Å².